The van der Waals surface area contributed by atoms with E-state index in [9.17, 15) is 9.90 Å². The van der Waals surface area contributed by atoms with E-state index < -0.39 is 0 Å². The third-order valence-electron chi connectivity index (χ3n) is 2.82. The Bertz CT molecular complexity index is 461. The van der Waals surface area contributed by atoms with Gasteiger partial charge in [0.1, 0.15) is 5.82 Å². The topological polar surface area (TPSA) is 66.0 Å². The molecule has 0 aromatic carbocycles. The fourth-order valence-corrected chi connectivity index (χ4v) is 4.60. The summed E-state index contributed by atoms with van der Waals surface area (Å²) < 4.78 is 0. The van der Waals surface area contributed by atoms with E-state index in [-0.39, 0.29) is 16.7 Å². The Morgan fingerprint density at radius 1 is 1.47 bits per heavy atom. The molecule has 2 atom stereocenters. The van der Waals surface area contributed by atoms with Gasteiger partial charge in [0.15, 0.2) is 0 Å². The predicted molar refractivity (Wildman–Crippen MR) is 73.0 cm³/mol. The molecule has 1 aliphatic heterocycles. The standard InChI is InChI=1S/C11H16N2O2S2/c1-3-7-10(14)12-9(13-11(7)15)8-6(2)16-4-5-17-8/h6,8H,3-5H2,1-2H3,(H2,12,13,14,15). The predicted octanol–water partition coefficient (Wildman–Crippen LogP) is 1.95. The van der Waals surface area contributed by atoms with Gasteiger partial charge in [0.05, 0.1) is 10.8 Å². The minimum Gasteiger partial charge on any atom is -0.493 e. The van der Waals surface area contributed by atoms with Crippen LogP contribution in [0.4, 0.5) is 0 Å². The first kappa shape index (κ1) is 12.8. The van der Waals surface area contributed by atoms with Gasteiger partial charge in [-0.3, -0.25) is 4.79 Å². The fraction of sp³-hybridized carbons (Fsp3) is 0.636. The first-order valence-electron chi connectivity index (χ1n) is 5.68. The quantitative estimate of drug-likeness (QED) is 0.861. The minimum atomic E-state index is -0.210. The van der Waals surface area contributed by atoms with Crippen molar-refractivity contribution in [3.05, 3.63) is 21.7 Å². The number of hydrogen-bond acceptors (Lipinski definition) is 5. The largest absolute Gasteiger partial charge is 0.493 e. The molecule has 2 rings (SSSR count). The van der Waals surface area contributed by atoms with Gasteiger partial charge in [-0.25, -0.2) is 0 Å². The maximum atomic E-state index is 11.8. The third-order valence-corrected chi connectivity index (χ3v) is 5.92. The van der Waals surface area contributed by atoms with E-state index in [1.807, 2.05) is 18.7 Å². The van der Waals surface area contributed by atoms with Gasteiger partial charge in [-0.05, 0) is 6.42 Å². The van der Waals surface area contributed by atoms with Crippen LogP contribution in [0.5, 0.6) is 5.88 Å². The van der Waals surface area contributed by atoms with Crippen LogP contribution in [-0.4, -0.2) is 31.8 Å². The Morgan fingerprint density at radius 3 is 2.76 bits per heavy atom. The second kappa shape index (κ2) is 5.35. The average molecular weight is 272 g/mol. The summed E-state index contributed by atoms with van der Waals surface area (Å²) >= 11 is 3.67. The molecule has 94 valence electrons. The highest BCUT2D eigenvalue weighted by Crippen LogP contribution is 2.41. The molecule has 17 heavy (non-hydrogen) atoms. The second-order valence-corrected chi connectivity index (χ2v) is 6.71. The van der Waals surface area contributed by atoms with Crippen molar-refractivity contribution in [2.45, 2.75) is 30.8 Å². The van der Waals surface area contributed by atoms with Crippen molar-refractivity contribution in [3.63, 3.8) is 0 Å². The lowest BCUT2D eigenvalue weighted by Crippen LogP contribution is -2.23. The van der Waals surface area contributed by atoms with Crippen LogP contribution >= 0.6 is 23.5 Å². The lowest BCUT2D eigenvalue weighted by Gasteiger charge is -2.26. The molecule has 1 aliphatic rings. The molecule has 2 N–H and O–H groups in total. The van der Waals surface area contributed by atoms with Crippen LogP contribution in [0.2, 0.25) is 0 Å². The number of aromatic nitrogens is 2. The SMILES string of the molecule is CCc1c(O)nc(C2SCCSC2C)[nH]c1=O. The molecule has 0 saturated carbocycles. The Balaban J connectivity index is 2.36. The molecule has 2 heterocycles. The van der Waals surface area contributed by atoms with E-state index in [0.29, 0.717) is 23.1 Å². The number of hydrogen-bond donors (Lipinski definition) is 2. The maximum Gasteiger partial charge on any atom is 0.257 e. The molecule has 2 unspecified atom stereocenters. The van der Waals surface area contributed by atoms with Crippen molar-refractivity contribution in [3.8, 4) is 5.88 Å². The Labute approximate surface area is 109 Å². The summed E-state index contributed by atoms with van der Waals surface area (Å²) in [6.07, 6.45) is 0.497. The van der Waals surface area contributed by atoms with E-state index in [1.165, 1.54) is 0 Å². The van der Waals surface area contributed by atoms with Crippen molar-refractivity contribution >= 4 is 23.5 Å². The molecular weight excluding hydrogens is 256 g/mol. The molecule has 0 aliphatic carbocycles. The molecule has 0 amide bonds. The first-order chi connectivity index (χ1) is 8.13. The zero-order valence-corrected chi connectivity index (χ0v) is 11.5. The number of aromatic hydroxyl groups is 1. The summed E-state index contributed by atoms with van der Waals surface area (Å²) in [6, 6.07) is 0. The summed E-state index contributed by atoms with van der Waals surface area (Å²) in [5, 5.41) is 10.3. The van der Waals surface area contributed by atoms with Crippen molar-refractivity contribution < 1.29 is 5.11 Å². The van der Waals surface area contributed by atoms with E-state index >= 15 is 0 Å². The van der Waals surface area contributed by atoms with Crippen LogP contribution in [0.15, 0.2) is 4.79 Å². The molecule has 0 spiro atoms. The van der Waals surface area contributed by atoms with Gasteiger partial charge >= 0.3 is 0 Å². The highest BCUT2D eigenvalue weighted by atomic mass is 32.2. The van der Waals surface area contributed by atoms with Crippen LogP contribution in [-0.2, 0) is 6.42 Å². The van der Waals surface area contributed by atoms with Crippen molar-refractivity contribution in [2.75, 3.05) is 11.5 Å². The van der Waals surface area contributed by atoms with Crippen LogP contribution in [0.3, 0.4) is 0 Å². The van der Waals surface area contributed by atoms with E-state index in [2.05, 4.69) is 16.9 Å². The average Bonchev–Trinajstić information content (AvgIpc) is 2.29. The van der Waals surface area contributed by atoms with Crippen molar-refractivity contribution in [2.24, 2.45) is 0 Å². The molecule has 1 fully saturated rings. The van der Waals surface area contributed by atoms with Gasteiger partial charge in [-0.2, -0.15) is 16.7 Å². The van der Waals surface area contributed by atoms with Crippen LogP contribution in [0, 0.1) is 0 Å². The Morgan fingerprint density at radius 2 is 2.18 bits per heavy atom. The molecule has 6 heteroatoms. The third kappa shape index (κ3) is 2.63. The van der Waals surface area contributed by atoms with Gasteiger partial charge in [0.2, 0.25) is 5.88 Å². The number of H-pyrrole nitrogens is 1. The fourth-order valence-electron chi connectivity index (χ4n) is 1.89. The molecule has 1 aromatic heterocycles. The molecular formula is C11H16N2O2S2. The molecule has 4 nitrogen and oxygen atoms in total. The van der Waals surface area contributed by atoms with E-state index in [1.54, 1.807) is 11.8 Å². The zero-order chi connectivity index (χ0) is 12.4. The van der Waals surface area contributed by atoms with Gasteiger partial charge < -0.3 is 10.1 Å². The maximum absolute atomic E-state index is 11.8. The van der Waals surface area contributed by atoms with Gasteiger partial charge in [0, 0.05) is 16.8 Å². The smallest absolute Gasteiger partial charge is 0.257 e. The van der Waals surface area contributed by atoms with E-state index in [4.69, 9.17) is 0 Å². The van der Waals surface area contributed by atoms with Gasteiger partial charge in [-0.1, -0.05) is 13.8 Å². The number of rotatable bonds is 2. The summed E-state index contributed by atoms with van der Waals surface area (Å²) in [7, 11) is 0. The number of nitrogens with one attached hydrogen (secondary N) is 1. The Hall–Kier alpha value is -0.620. The summed E-state index contributed by atoms with van der Waals surface area (Å²) in [6.45, 7) is 3.96. The number of aromatic amines is 1. The van der Waals surface area contributed by atoms with Crippen LogP contribution < -0.4 is 5.56 Å². The first-order valence-corrected chi connectivity index (χ1v) is 7.78. The molecule has 1 aromatic rings. The van der Waals surface area contributed by atoms with Gasteiger partial charge in [0.25, 0.3) is 5.56 Å². The van der Waals surface area contributed by atoms with Gasteiger partial charge in [-0.15, -0.1) is 11.8 Å². The van der Waals surface area contributed by atoms with Crippen molar-refractivity contribution in [1.82, 2.24) is 9.97 Å². The van der Waals surface area contributed by atoms with Crippen LogP contribution in [0.1, 0.15) is 30.5 Å². The lowest BCUT2D eigenvalue weighted by molar-refractivity contribution is 0.439. The molecule has 0 bridgehead atoms. The second-order valence-electron chi connectivity index (χ2n) is 3.97. The summed E-state index contributed by atoms with van der Waals surface area (Å²) in [5.74, 6) is 2.68. The number of thioether (sulfide) groups is 2. The van der Waals surface area contributed by atoms with Crippen molar-refractivity contribution in [1.29, 1.82) is 0 Å². The molecule has 0 radical (unpaired) electrons. The minimum absolute atomic E-state index is 0.116. The highest BCUT2D eigenvalue weighted by molar-refractivity contribution is 8.06. The van der Waals surface area contributed by atoms with Crippen LogP contribution in [0.25, 0.3) is 0 Å². The normalized spacial score (nSPS) is 24.8. The highest BCUT2D eigenvalue weighted by Gasteiger charge is 2.27. The molecule has 1 saturated heterocycles. The Kier molecular flexibility index (Phi) is 4.04. The monoisotopic (exact) mass is 272 g/mol. The van der Waals surface area contributed by atoms with E-state index in [0.717, 1.165) is 11.5 Å². The number of nitrogens with zero attached hydrogens (tertiary/aromatic N) is 1. The summed E-state index contributed by atoms with van der Waals surface area (Å²) in [5.41, 5.74) is 0.160. The summed E-state index contributed by atoms with van der Waals surface area (Å²) in [4.78, 5) is 18.7. The zero-order valence-electron chi connectivity index (χ0n) is 9.90. The lowest BCUT2D eigenvalue weighted by atomic mass is 10.2.